The number of hydrogen-bond acceptors (Lipinski definition) is 3. The monoisotopic (exact) mass is 242 g/mol. The van der Waals surface area contributed by atoms with Crippen LogP contribution in [0.15, 0.2) is 0 Å². The van der Waals surface area contributed by atoms with E-state index in [-0.39, 0.29) is 13.0 Å². The van der Waals surface area contributed by atoms with Gasteiger partial charge in [0.15, 0.2) is 0 Å². The molecule has 1 aliphatic rings. The van der Waals surface area contributed by atoms with E-state index in [1.54, 1.807) is 20.8 Å². The van der Waals surface area contributed by atoms with Crippen molar-refractivity contribution in [3.63, 3.8) is 0 Å². The maximum atomic E-state index is 14.1. The Morgan fingerprint density at radius 2 is 2.24 bits per heavy atom. The predicted octanol–water partition coefficient (Wildman–Crippen LogP) is 2.64. The van der Waals surface area contributed by atoms with Crippen molar-refractivity contribution in [2.45, 2.75) is 51.3 Å². The van der Waals surface area contributed by atoms with Gasteiger partial charge in [0, 0.05) is 6.54 Å². The molecule has 0 spiro atoms. The molecular formula is C12H19FN2O2. The Kier molecular flexibility index (Phi) is 3.97. The van der Waals surface area contributed by atoms with Crippen LogP contribution in [0.25, 0.3) is 0 Å². The van der Waals surface area contributed by atoms with E-state index >= 15 is 0 Å². The molecule has 1 fully saturated rings. The molecule has 1 aliphatic heterocycles. The fourth-order valence-electron chi connectivity index (χ4n) is 1.86. The Morgan fingerprint density at radius 1 is 1.59 bits per heavy atom. The Morgan fingerprint density at radius 3 is 2.76 bits per heavy atom. The fourth-order valence-corrected chi connectivity index (χ4v) is 1.86. The van der Waals surface area contributed by atoms with E-state index in [2.05, 4.69) is 0 Å². The number of hydrogen-bond donors (Lipinski definition) is 0. The molecular weight excluding hydrogens is 223 g/mol. The van der Waals surface area contributed by atoms with E-state index in [0.717, 1.165) is 0 Å². The molecule has 1 heterocycles. The second-order valence-electron chi connectivity index (χ2n) is 5.49. The van der Waals surface area contributed by atoms with Crippen molar-refractivity contribution in [2.75, 3.05) is 13.1 Å². The number of carbonyl (C=O) groups is 1. The molecule has 17 heavy (non-hydrogen) atoms. The highest BCUT2D eigenvalue weighted by atomic mass is 19.1. The molecule has 1 saturated heterocycles. The van der Waals surface area contributed by atoms with Crippen molar-refractivity contribution in [1.29, 1.82) is 5.26 Å². The molecule has 1 rings (SSSR count). The molecule has 0 bridgehead atoms. The SMILES string of the molecule is CC(C)(C)OC(=O)N1CCCC(F)(CC#N)C1. The molecule has 0 aromatic heterocycles. The number of carbonyl (C=O) groups excluding carboxylic acids is 1. The van der Waals surface area contributed by atoms with Crippen LogP contribution in [0.2, 0.25) is 0 Å². The molecule has 0 N–H and O–H groups in total. The molecule has 0 aromatic rings. The highest BCUT2D eigenvalue weighted by molar-refractivity contribution is 5.68. The van der Waals surface area contributed by atoms with Crippen molar-refractivity contribution in [1.82, 2.24) is 4.90 Å². The summed E-state index contributed by atoms with van der Waals surface area (Å²) in [5.74, 6) is 0. The van der Waals surface area contributed by atoms with Crippen molar-refractivity contribution in [2.24, 2.45) is 0 Å². The van der Waals surface area contributed by atoms with Crippen LogP contribution in [0.1, 0.15) is 40.0 Å². The van der Waals surface area contributed by atoms with E-state index in [4.69, 9.17) is 10.00 Å². The summed E-state index contributed by atoms with van der Waals surface area (Å²) in [7, 11) is 0. The average molecular weight is 242 g/mol. The number of ether oxygens (including phenoxy) is 1. The highest BCUT2D eigenvalue weighted by Gasteiger charge is 2.38. The van der Waals surface area contributed by atoms with Crippen molar-refractivity contribution in [3.8, 4) is 6.07 Å². The summed E-state index contributed by atoms with van der Waals surface area (Å²) in [6, 6.07) is 1.83. The first kappa shape index (κ1) is 13.8. The van der Waals surface area contributed by atoms with Crippen LogP contribution >= 0.6 is 0 Å². The predicted molar refractivity (Wildman–Crippen MR) is 61.1 cm³/mol. The van der Waals surface area contributed by atoms with Gasteiger partial charge in [-0.25, -0.2) is 9.18 Å². The summed E-state index contributed by atoms with van der Waals surface area (Å²) in [5, 5.41) is 8.57. The Bertz CT molecular complexity index is 332. The van der Waals surface area contributed by atoms with Crippen LogP contribution in [0.4, 0.5) is 9.18 Å². The van der Waals surface area contributed by atoms with Crippen LogP contribution in [-0.4, -0.2) is 35.4 Å². The van der Waals surface area contributed by atoms with Gasteiger partial charge in [-0.1, -0.05) is 0 Å². The first-order chi connectivity index (χ1) is 7.76. The van der Waals surface area contributed by atoms with Crippen LogP contribution < -0.4 is 0 Å². The molecule has 4 nitrogen and oxygen atoms in total. The third-order valence-corrected chi connectivity index (χ3v) is 2.57. The summed E-state index contributed by atoms with van der Waals surface area (Å²) < 4.78 is 19.3. The summed E-state index contributed by atoms with van der Waals surface area (Å²) in [6.07, 6.45) is 0.223. The largest absolute Gasteiger partial charge is 0.444 e. The van der Waals surface area contributed by atoms with E-state index in [9.17, 15) is 9.18 Å². The third-order valence-electron chi connectivity index (χ3n) is 2.57. The lowest BCUT2D eigenvalue weighted by molar-refractivity contribution is -0.00416. The lowest BCUT2D eigenvalue weighted by Gasteiger charge is -2.36. The first-order valence-electron chi connectivity index (χ1n) is 5.80. The third kappa shape index (κ3) is 4.22. The van der Waals surface area contributed by atoms with Crippen LogP contribution in [0, 0.1) is 11.3 Å². The highest BCUT2D eigenvalue weighted by Crippen LogP contribution is 2.29. The molecule has 0 aromatic carbocycles. The van der Waals surface area contributed by atoms with Gasteiger partial charge in [0.05, 0.1) is 19.0 Å². The maximum Gasteiger partial charge on any atom is 0.410 e. The number of likely N-dealkylation sites (tertiary alicyclic amines) is 1. The number of alkyl halides is 1. The number of nitrogens with zero attached hydrogens (tertiary/aromatic N) is 2. The van der Waals surface area contributed by atoms with E-state index in [0.29, 0.717) is 19.4 Å². The summed E-state index contributed by atoms with van der Waals surface area (Å²) >= 11 is 0. The maximum absolute atomic E-state index is 14.1. The van der Waals surface area contributed by atoms with Gasteiger partial charge in [-0.05, 0) is 33.6 Å². The number of halogens is 1. The average Bonchev–Trinajstić information content (AvgIpc) is 2.14. The number of amides is 1. The zero-order valence-corrected chi connectivity index (χ0v) is 10.6. The quantitative estimate of drug-likeness (QED) is 0.710. The second-order valence-corrected chi connectivity index (χ2v) is 5.49. The van der Waals surface area contributed by atoms with Gasteiger partial charge >= 0.3 is 6.09 Å². The lowest BCUT2D eigenvalue weighted by atomic mass is 9.92. The van der Waals surface area contributed by atoms with Gasteiger partial charge in [0.1, 0.15) is 11.3 Å². The topological polar surface area (TPSA) is 53.3 Å². The summed E-state index contributed by atoms with van der Waals surface area (Å²) in [6.45, 7) is 5.76. The van der Waals surface area contributed by atoms with Gasteiger partial charge in [-0.3, -0.25) is 0 Å². The summed E-state index contributed by atoms with van der Waals surface area (Å²) in [4.78, 5) is 13.1. The molecule has 0 saturated carbocycles. The Hall–Kier alpha value is -1.31. The Labute approximate surface area is 101 Å². The van der Waals surface area contributed by atoms with Crippen LogP contribution in [0.5, 0.6) is 0 Å². The van der Waals surface area contributed by atoms with E-state index in [1.165, 1.54) is 4.90 Å². The summed E-state index contributed by atoms with van der Waals surface area (Å²) in [5.41, 5.74) is -2.16. The standard InChI is InChI=1S/C12H19FN2O2/c1-11(2,3)17-10(16)15-8-4-5-12(13,9-15)6-7-14/h4-6,8-9H2,1-3H3. The molecule has 1 unspecified atom stereocenters. The normalized spacial score (nSPS) is 25.2. The molecule has 5 heteroatoms. The molecule has 0 radical (unpaired) electrons. The van der Waals surface area contributed by atoms with Gasteiger partial charge in [-0.15, -0.1) is 0 Å². The van der Waals surface area contributed by atoms with Crippen LogP contribution in [0.3, 0.4) is 0 Å². The van der Waals surface area contributed by atoms with Crippen LogP contribution in [-0.2, 0) is 4.74 Å². The molecule has 1 amide bonds. The zero-order valence-electron chi connectivity index (χ0n) is 10.6. The van der Waals surface area contributed by atoms with Gasteiger partial charge in [0.2, 0.25) is 0 Å². The number of rotatable bonds is 1. The smallest absolute Gasteiger partial charge is 0.410 e. The number of nitriles is 1. The Balaban J connectivity index is 2.61. The number of piperidine rings is 1. The van der Waals surface area contributed by atoms with Crippen molar-refractivity contribution >= 4 is 6.09 Å². The lowest BCUT2D eigenvalue weighted by Crippen LogP contribution is -2.49. The van der Waals surface area contributed by atoms with Crippen molar-refractivity contribution < 1.29 is 13.9 Å². The van der Waals surface area contributed by atoms with Gasteiger partial charge in [-0.2, -0.15) is 5.26 Å². The second kappa shape index (κ2) is 4.91. The minimum atomic E-state index is -1.58. The first-order valence-corrected chi connectivity index (χ1v) is 5.80. The minimum Gasteiger partial charge on any atom is -0.444 e. The molecule has 0 aliphatic carbocycles. The van der Waals surface area contributed by atoms with Crippen molar-refractivity contribution in [3.05, 3.63) is 0 Å². The zero-order chi connectivity index (χ0) is 13.1. The van der Waals surface area contributed by atoms with Gasteiger partial charge in [0.25, 0.3) is 0 Å². The molecule has 1 atom stereocenters. The minimum absolute atomic E-state index is 0.0462. The fraction of sp³-hybridized carbons (Fsp3) is 0.833. The van der Waals surface area contributed by atoms with E-state index in [1.807, 2.05) is 6.07 Å². The molecule has 96 valence electrons. The van der Waals surface area contributed by atoms with E-state index < -0.39 is 17.4 Å². The van der Waals surface area contributed by atoms with Gasteiger partial charge < -0.3 is 9.64 Å².